The van der Waals surface area contributed by atoms with Crippen LogP contribution in [0.5, 0.6) is 11.5 Å². The molecule has 0 saturated carbocycles. The molecule has 0 aliphatic rings. The second-order valence-corrected chi connectivity index (χ2v) is 5.04. The Balaban J connectivity index is 2.16. The number of ether oxygens (including phenoxy) is 1. The molecule has 1 N–H and O–H groups in total. The number of hydrogen-bond donors (Lipinski definition) is 1. The van der Waals surface area contributed by atoms with Crippen LogP contribution in [0.25, 0.3) is 6.08 Å². The van der Waals surface area contributed by atoms with Crippen molar-refractivity contribution in [2.45, 2.75) is 19.8 Å². The molecule has 0 unspecified atom stereocenters. The second-order valence-electron chi connectivity index (χ2n) is 5.04. The number of phenols is 1. The highest BCUT2D eigenvalue weighted by molar-refractivity contribution is 6.10. The van der Waals surface area contributed by atoms with Gasteiger partial charge in [-0.15, -0.1) is 0 Å². The molecular formula is C19H20O3. The van der Waals surface area contributed by atoms with Gasteiger partial charge in [0.25, 0.3) is 0 Å². The number of aromatic hydroxyl groups is 1. The maximum Gasteiger partial charge on any atom is 0.196 e. The Hall–Kier alpha value is -2.55. The fraction of sp³-hybridized carbons (Fsp3) is 0.211. The van der Waals surface area contributed by atoms with Crippen molar-refractivity contribution in [1.29, 1.82) is 0 Å². The first-order valence-electron chi connectivity index (χ1n) is 7.38. The van der Waals surface area contributed by atoms with Gasteiger partial charge in [-0.1, -0.05) is 50.3 Å². The van der Waals surface area contributed by atoms with Crippen LogP contribution in [-0.4, -0.2) is 17.5 Å². The van der Waals surface area contributed by atoms with Crippen LogP contribution in [0, 0.1) is 0 Å². The van der Waals surface area contributed by atoms with Gasteiger partial charge in [0.2, 0.25) is 0 Å². The van der Waals surface area contributed by atoms with E-state index in [0.29, 0.717) is 17.9 Å². The molecule has 0 bridgehead atoms. The van der Waals surface area contributed by atoms with Gasteiger partial charge in [-0.05, 0) is 24.1 Å². The van der Waals surface area contributed by atoms with E-state index in [-0.39, 0.29) is 17.1 Å². The monoisotopic (exact) mass is 296 g/mol. The highest BCUT2D eigenvalue weighted by atomic mass is 16.5. The Morgan fingerprint density at radius 3 is 2.55 bits per heavy atom. The summed E-state index contributed by atoms with van der Waals surface area (Å²) < 4.78 is 5.52. The fourth-order valence-corrected chi connectivity index (χ4v) is 2.05. The van der Waals surface area contributed by atoms with Crippen LogP contribution in [0.4, 0.5) is 0 Å². The van der Waals surface area contributed by atoms with E-state index in [2.05, 4.69) is 13.5 Å². The van der Waals surface area contributed by atoms with Gasteiger partial charge in [0.05, 0.1) is 12.2 Å². The molecule has 3 heteroatoms. The molecule has 0 aliphatic heterocycles. The van der Waals surface area contributed by atoms with E-state index < -0.39 is 0 Å². The largest absolute Gasteiger partial charge is 0.507 e. The average Bonchev–Trinajstić information content (AvgIpc) is 2.55. The van der Waals surface area contributed by atoms with Gasteiger partial charge < -0.3 is 9.84 Å². The van der Waals surface area contributed by atoms with E-state index in [1.807, 2.05) is 12.1 Å². The van der Waals surface area contributed by atoms with Gasteiger partial charge in [0.1, 0.15) is 11.5 Å². The number of rotatable bonds is 7. The first-order valence-corrected chi connectivity index (χ1v) is 7.38. The standard InChI is InChI=1S/C19H20O3/c1-3-5-12-22-16-10-11-17(18(20)13-16)19(21)15-8-6-14(4-2)7-9-15/h4,6-11,13,20H,2-3,5,12H2,1H3. The van der Waals surface area contributed by atoms with E-state index in [9.17, 15) is 9.90 Å². The molecule has 0 atom stereocenters. The molecule has 3 nitrogen and oxygen atoms in total. The zero-order chi connectivity index (χ0) is 15.9. The maximum atomic E-state index is 12.4. The van der Waals surface area contributed by atoms with Crippen LogP contribution in [-0.2, 0) is 0 Å². The first-order chi connectivity index (χ1) is 10.7. The van der Waals surface area contributed by atoms with Crippen molar-refractivity contribution in [2.24, 2.45) is 0 Å². The van der Waals surface area contributed by atoms with Crippen molar-refractivity contribution in [2.75, 3.05) is 6.61 Å². The highest BCUT2D eigenvalue weighted by Gasteiger charge is 2.14. The highest BCUT2D eigenvalue weighted by Crippen LogP contribution is 2.26. The van der Waals surface area contributed by atoms with Crippen molar-refractivity contribution in [3.63, 3.8) is 0 Å². The van der Waals surface area contributed by atoms with E-state index in [4.69, 9.17) is 4.74 Å². The number of carbonyl (C=O) groups excluding carboxylic acids is 1. The van der Waals surface area contributed by atoms with Crippen LogP contribution < -0.4 is 4.74 Å². The number of phenolic OH excluding ortho intramolecular Hbond substituents is 1. The molecule has 0 aromatic heterocycles. The van der Waals surface area contributed by atoms with E-state index in [1.165, 1.54) is 6.07 Å². The lowest BCUT2D eigenvalue weighted by Crippen LogP contribution is -2.02. The molecule has 114 valence electrons. The molecule has 0 amide bonds. The molecule has 0 spiro atoms. The van der Waals surface area contributed by atoms with Crippen molar-refractivity contribution in [3.8, 4) is 11.5 Å². The molecule has 2 rings (SSSR count). The minimum absolute atomic E-state index is 0.0632. The molecule has 2 aromatic carbocycles. The normalized spacial score (nSPS) is 10.2. The third-order valence-electron chi connectivity index (χ3n) is 3.39. The molecule has 22 heavy (non-hydrogen) atoms. The third kappa shape index (κ3) is 3.76. The lowest BCUT2D eigenvalue weighted by atomic mass is 10.0. The summed E-state index contributed by atoms with van der Waals surface area (Å²) >= 11 is 0. The summed E-state index contributed by atoms with van der Waals surface area (Å²) in [6.45, 7) is 6.37. The summed E-state index contributed by atoms with van der Waals surface area (Å²) in [7, 11) is 0. The van der Waals surface area contributed by atoms with Crippen LogP contribution in [0.15, 0.2) is 49.0 Å². The topological polar surface area (TPSA) is 46.5 Å². The van der Waals surface area contributed by atoms with Crippen molar-refractivity contribution < 1.29 is 14.6 Å². The summed E-state index contributed by atoms with van der Waals surface area (Å²) in [5.74, 6) is 0.296. The summed E-state index contributed by atoms with van der Waals surface area (Å²) in [5.41, 5.74) is 1.75. The van der Waals surface area contributed by atoms with Crippen LogP contribution in [0.3, 0.4) is 0 Å². The summed E-state index contributed by atoms with van der Waals surface area (Å²) in [6, 6.07) is 11.9. The quantitative estimate of drug-likeness (QED) is 0.606. The summed E-state index contributed by atoms with van der Waals surface area (Å²) in [6.07, 6.45) is 3.72. The average molecular weight is 296 g/mol. The molecular weight excluding hydrogens is 276 g/mol. The van der Waals surface area contributed by atoms with E-state index >= 15 is 0 Å². The molecule has 2 aromatic rings. The SMILES string of the molecule is C=Cc1ccc(C(=O)c2ccc(OCCCC)cc2O)cc1. The predicted octanol–water partition coefficient (Wildman–Crippen LogP) is 4.45. The second kappa shape index (κ2) is 7.46. The predicted molar refractivity (Wildman–Crippen MR) is 88.5 cm³/mol. The number of carbonyl (C=O) groups is 1. The third-order valence-corrected chi connectivity index (χ3v) is 3.39. The van der Waals surface area contributed by atoms with Crippen molar-refractivity contribution >= 4 is 11.9 Å². The van der Waals surface area contributed by atoms with Crippen LogP contribution >= 0.6 is 0 Å². The maximum absolute atomic E-state index is 12.4. The molecule has 0 fully saturated rings. The Labute approximate surface area is 130 Å². The van der Waals surface area contributed by atoms with Gasteiger partial charge in [0, 0.05) is 11.6 Å². The minimum atomic E-state index is -0.215. The lowest BCUT2D eigenvalue weighted by molar-refractivity contribution is 0.103. The molecule has 0 radical (unpaired) electrons. The van der Waals surface area contributed by atoms with E-state index in [1.54, 1.807) is 30.3 Å². The lowest BCUT2D eigenvalue weighted by Gasteiger charge is -2.09. The van der Waals surface area contributed by atoms with E-state index in [0.717, 1.165) is 18.4 Å². The van der Waals surface area contributed by atoms with Gasteiger partial charge in [-0.2, -0.15) is 0 Å². The number of ketones is 1. The molecule has 0 saturated heterocycles. The van der Waals surface area contributed by atoms with Crippen LogP contribution in [0.2, 0.25) is 0 Å². The Morgan fingerprint density at radius 2 is 1.95 bits per heavy atom. The number of benzene rings is 2. The van der Waals surface area contributed by atoms with Gasteiger partial charge in [-0.3, -0.25) is 4.79 Å². The van der Waals surface area contributed by atoms with Gasteiger partial charge >= 0.3 is 0 Å². The Kier molecular flexibility index (Phi) is 5.37. The Bertz CT molecular complexity index is 657. The zero-order valence-corrected chi connectivity index (χ0v) is 12.7. The summed E-state index contributed by atoms with van der Waals surface area (Å²) in [5, 5.41) is 10.1. The number of unbranched alkanes of at least 4 members (excludes halogenated alkanes) is 1. The molecule has 0 heterocycles. The molecule has 0 aliphatic carbocycles. The van der Waals surface area contributed by atoms with Gasteiger partial charge in [0.15, 0.2) is 5.78 Å². The van der Waals surface area contributed by atoms with Crippen molar-refractivity contribution in [3.05, 3.63) is 65.7 Å². The summed E-state index contributed by atoms with van der Waals surface area (Å²) in [4.78, 5) is 12.4. The smallest absolute Gasteiger partial charge is 0.196 e. The van der Waals surface area contributed by atoms with Crippen LogP contribution in [0.1, 0.15) is 41.3 Å². The minimum Gasteiger partial charge on any atom is -0.507 e. The first kappa shape index (κ1) is 15.8. The fourth-order valence-electron chi connectivity index (χ4n) is 2.05. The number of hydrogen-bond acceptors (Lipinski definition) is 3. The zero-order valence-electron chi connectivity index (χ0n) is 12.7. The Morgan fingerprint density at radius 1 is 1.23 bits per heavy atom. The van der Waals surface area contributed by atoms with Gasteiger partial charge in [-0.25, -0.2) is 0 Å². The van der Waals surface area contributed by atoms with Crippen molar-refractivity contribution in [1.82, 2.24) is 0 Å².